The highest BCUT2D eigenvalue weighted by Crippen LogP contribution is 2.29. The molecule has 1 heterocycles. The van der Waals surface area contributed by atoms with E-state index in [2.05, 4.69) is 10.3 Å². The van der Waals surface area contributed by atoms with E-state index in [1.807, 2.05) is 37.3 Å². The number of carbonyl (C=O) groups excluding carboxylic acids is 1. The van der Waals surface area contributed by atoms with Gasteiger partial charge in [0, 0.05) is 16.8 Å². The van der Waals surface area contributed by atoms with Crippen LogP contribution < -0.4 is 5.32 Å². The minimum absolute atomic E-state index is 0.314. The van der Waals surface area contributed by atoms with E-state index in [-0.39, 0.29) is 11.7 Å². The first-order chi connectivity index (χ1) is 14.0. The molecule has 1 amide bonds. The summed E-state index contributed by atoms with van der Waals surface area (Å²) in [7, 11) is 0. The first-order valence-electron chi connectivity index (χ1n) is 9.21. The number of aromatic nitrogens is 1. The maximum Gasteiger partial charge on any atom is 0.256 e. The number of benzene rings is 3. The van der Waals surface area contributed by atoms with E-state index >= 15 is 0 Å². The van der Waals surface area contributed by atoms with Gasteiger partial charge in [0.15, 0.2) is 5.76 Å². The Kier molecular flexibility index (Phi) is 4.96. The minimum Gasteiger partial charge on any atom is -0.436 e. The van der Waals surface area contributed by atoms with Crippen molar-refractivity contribution in [2.24, 2.45) is 0 Å². The number of nitrogens with one attached hydrogen (secondary N) is 1. The van der Waals surface area contributed by atoms with Crippen LogP contribution >= 0.6 is 0 Å². The van der Waals surface area contributed by atoms with Crippen molar-refractivity contribution < 1.29 is 13.6 Å². The average Bonchev–Trinajstić information content (AvgIpc) is 3.20. The fraction of sp³-hybridized carbons (Fsp3) is 0.0833. The summed E-state index contributed by atoms with van der Waals surface area (Å²) in [5, 5.41) is 2.83. The number of oxazole rings is 1. The second-order valence-corrected chi connectivity index (χ2v) is 6.85. The Bertz CT molecular complexity index is 1180. The summed E-state index contributed by atoms with van der Waals surface area (Å²) in [5.74, 6) is 0.335. The molecule has 0 bridgehead atoms. The number of amides is 1. The van der Waals surface area contributed by atoms with Gasteiger partial charge in [0.25, 0.3) is 5.91 Å². The van der Waals surface area contributed by atoms with Gasteiger partial charge in [-0.2, -0.15) is 0 Å². The van der Waals surface area contributed by atoms with Gasteiger partial charge in [-0.1, -0.05) is 42.0 Å². The molecule has 0 radical (unpaired) electrons. The van der Waals surface area contributed by atoms with Crippen LogP contribution in [0.4, 0.5) is 10.1 Å². The van der Waals surface area contributed by atoms with Gasteiger partial charge >= 0.3 is 0 Å². The zero-order valence-electron chi connectivity index (χ0n) is 16.1. The van der Waals surface area contributed by atoms with Crippen molar-refractivity contribution in [3.8, 4) is 22.8 Å². The summed E-state index contributed by atoms with van der Waals surface area (Å²) in [6.07, 6.45) is 1.65. The van der Waals surface area contributed by atoms with Crippen LogP contribution in [0.5, 0.6) is 0 Å². The van der Waals surface area contributed by atoms with Crippen molar-refractivity contribution in [3.05, 3.63) is 95.4 Å². The van der Waals surface area contributed by atoms with E-state index in [9.17, 15) is 9.18 Å². The third-order valence-corrected chi connectivity index (χ3v) is 4.68. The van der Waals surface area contributed by atoms with Crippen LogP contribution in [0.15, 0.2) is 77.3 Å². The van der Waals surface area contributed by atoms with Crippen molar-refractivity contribution in [3.63, 3.8) is 0 Å². The first-order valence-corrected chi connectivity index (χ1v) is 9.21. The number of hydrogen-bond donors (Lipinski definition) is 1. The van der Waals surface area contributed by atoms with Crippen LogP contribution in [-0.4, -0.2) is 10.9 Å². The van der Waals surface area contributed by atoms with Crippen molar-refractivity contribution in [2.75, 3.05) is 5.32 Å². The summed E-state index contributed by atoms with van der Waals surface area (Å²) < 4.78 is 19.3. The maximum atomic E-state index is 13.3. The lowest BCUT2D eigenvalue weighted by Gasteiger charge is -2.10. The number of anilines is 1. The van der Waals surface area contributed by atoms with E-state index in [1.54, 1.807) is 37.4 Å². The third kappa shape index (κ3) is 3.94. The molecule has 4 nitrogen and oxygen atoms in total. The smallest absolute Gasteiger partial charge is 0.256 e. The molecule has 0 spiro atoms. The SMILES string of the molecule is Cc1ccc(-c2cnc(-c3ccccc3C(=O)Nc3ccc(F)cc3C)o2)cc1. The topological polar surface area (TPSA) is 55.1 Å². The predicted molar refractivity (Wildman–Crippen MR) is 111 cm³/mol. The minimum atomic E-state index is -0.343. The molecule has 0 saturated carbocycles. The van der Waals surface area contributed by atoms with Crippen molar-refractivity contribution in [1.29, 1.82) is 0 Å². The fourth-order valence-electron chi connectivity index (χ4n) is 3.07. The Morgan fingerprint density at radius 1 is 1.00 bits per heavy atom. The number of nitrogens with zero attached hydrogens (tertiary/aromatic N) is 1. The molecule has 5 heteroatoms. The van der Waals surface area contributed by atoms with Gasteiger partial charge in [-0.3, -0.25) is 4.79 Å². The normalized spacial score (nSPS) is 10.7. The molecule has 144 valence electrons. The van der Waals surface area contributed by atoms with Gasteiger partial charge in [0.05, 0.1) is 11.8 Å². The Morgan fingerprint density at radius 2 is 1.76 bits per heavy atom. The van der Waals surface area contributed by atoms with Crippen LogP contribution in [0.2, 0.25) is 0 Å². The van der Waals surface area contributed by atoms with Crippen LogP contribution in [-0.2, 0) is 0 Å². The van der Waals surface area contributed by atoms with Crippen LogP contribution in [0, 0.1) is 19.7 Å². The molecule has 1 N–H and O–H groups in total. The fourth-order valence-corrected chi connectivity index (χ4v) is 3.07. The molecule has 4 rings (SSSR count). The van der Waals surface area contributed by atoms with Gasteiger partial charge in [-0.05, 0) is 49.7 Å². The lowest BCUT2D eigenvalue weighted by atomic mass is 10.1. The molecule has 0 aliphatic heterocycles. The third-order valence-electron chi connectivity index (χ3n) is 4.68. The predicted octanol–water partition coefficient (Wildman–Crippen LogP) is 6.02. The number of aryl methyl sites for hydroxylation is 2. The summed E-state index contributed by atoms with van der Waals surface area (Å²) in [5.41, 5.74) is 4.29. The highest BCUT2D eigenvalue weighted by atomic mass is 19.1. The molecule has 0 saturated heterocycles. The van der Waals surface area contributed by atoms with Gasteiger partial charge in [0.2, 0.25) is 5.89 Å². The van der Waals surface area contributed by atoms with Crippen LogP contribution in [0.25, 0.3) is 22.8 Å². The molecular weight excluding hydrogens is 367 g/mol. The first kappa shape index (κ1) is 18.6. The monoisotopic (exact) mass is 386 g/mol. The summed E-state index contributed by atoms with van der Waals surface area (Å²) in [4.78, 5) is 17.3. The molecular formula is C24H19FN2O2. The van der Waals surface area contributed by atoms with Gasteiger partial charge in [-0.25, -0.2) is 9.37 Å². The molecule has 0 fully saturated rings. The summed E-state index contributed by atoms with van der Waals surface area (Å²) >= 11 is 0. The van der Waals surface area contributed by atoms with E-state index in [4.69, 9.17) is 4.42 Å². The van der Waals surface area contributed by atoms with E-state index < -0.39 is 0 Å². The lowest BCUT2D eigenvalue weighted by molar-refractivity contribution is 0.102. The molecule has 0 aliphatic carbocycles. The molecule has 0 atom stereocenters. The van der Waals surface area contributed by atoms with Crippen LogP contribution in [0.1, 0.15) is 21.5 Å². The summed E-state index contributed by atoms with van der Waals surface area (Å²) in [6.45, 7) is 3.76. The molecule has 3 aromatic carbocycles. The van der Waals surface area contributed by atoms with Gasteiger partial charge in [0.1, 0.15) is 5.82 Å². The molecule has 0 unspecified atom stereocenters. The zero-order valence-corrected chi connectivity index (χ0v) is 16.1. The lowest BCUT2D eigenvalue weighted by Crippen LogP contribution is -2.14. The average molecular weight is 386 g/mol. The quantitative estimate of drug-likeness (QED) is 0.467. The molecule has 29 heavy (non-hydrogen) atoms. The highest BCUT2D eigenvalue weighted by molar-refractivity contribution is 6.08. The largest absolute Gasteiger partial charge is 0.436 e. The standard InChI is InChI=1S/C24H19FN2O2/c1-15-7-9-17(10-8-15)22-14-26-24(29-22)20-6-4-3-5-19(20)23(28)27-21-12-11-18(25)13-16(21)2/h3-14H,1-2H3,(H,27,28). The second kappa shape index (κ2) is 7.72. The van der Waals surface area contributed by atoms with Crippen molar-refractivity contribution >= 4 is 11.6 Å². The van der Waals surface area contributed by atoms with E-state index in [1.165, 1.54) is 12.1 Å². The number of halogens is 1. The number of rotatable bonds is 4. The maximum absolute atomic E-state index is 13.3. The van der Waals surface area contributed by atoms with E-state index in [0.29, 0.717) is 34.0 Å². The molecule has 1 aromatic heterocycles. The summed E-state index contributed by atoms with van der Waals surface area (Å²) in [6, 6.07) is 19.3. The van der Waals surface area contributed by atoms with E-state index in [0.717, 1.165) is 11.1 Å². The second-order valence-electron chi connectivity index (χ2n) is 6.85. The molecule has 0 aliphatic rings. The Hall–Kier alpha value is -3.73. The van der Waals surface area contributed by atoms with Crippen molar-refractivity contribution in [2.45, 2.75) is 13.8 Å². The van der Waals surface area contributed by atoms with Crippen molar-refractivity contribution in [1.82, 2.24) is 4.98 Å². The Balaban J connectivity index is 1.65. The highest BCUT2D eigenvalue weighted by Gasteiger charge is 2.17. The Labute approximate surface area is 168 Å². The van der Waals surface area contributed by atoms with Gasteiger partial charge < -0.3 is 9.73 Å². The Morgan fingerprint density at radius 3 is 2.52 bits per heavy atom. The van der Waals surface area contributed by atoms with Gasteiger partial charge in [-0.15, -0.1) is 0 Å². The van der Waals surface area contributed by atoms with Crippen LogP contribution in [0.3, 0.4) is 0 Å². The number of carbonyl (C=O) groups is 1. The number of hydrogen-bond acceptors (Lipinski definition) is 3. The zero-order chi connectivity index (χ0) is 20.4. The molecule has 4 aromatic rings.